The number of benzene rings is 2. The van der Waals surface area contributed by atoms with Gasteiger partial charge in [-0.25, -0.2) is 0 Å². The first-order chi connectivity index (χ1) is 12.3. The van der Waals surface area contributed by atoms with Crippen molar-refractivity contribution in [3.8, 4) is 6.07 Å². The van der Waals surface area contributed by atoms with Crippen molar-refractivity contribution < 1.29 is 0 Å². The lowest BCUT2D eigenvalue weighted by Crippen LogP contribution is -2.13. The summed E-state index contributed by atoms with van der Waals surface area (Å²) >= 11 is 1.87. The van der Waals surface area contributed by atoms with Crippen LogP contribution >= 0.6 is 11.8 Å². The first-order valence-corrected chi connectivity index (χ1v) is 10.5. The normalized spacial score (nSPS) is 20.2. The van der Waals surface area contributed by atoms with E-state index in [1.54, 1.807) is 0 Å². The van der Waals surface area contributed by atoms with Gasteiger partial charge in [-0.3, -0.25) is 0 Å². The van der Waals surface area contributed by atoms with Crippen molar-refractivity contribution >= 4 is 11.8 Å². The van der Waals surface area contributed by atoms with Crippen molar-refractivity contribution in [2.24, 2.45) is 5.92 Å². The summed E-state index contributed by atoms with van der Waals surface area (Å²) in [4.78, 5) is 1.33. The molecular weight excluding hydrogens is 322 g/mol. The molecule has 2 heteroatoms. The Balaban J connectivity index is 1.51. The van der Waals surface area contributed by atoms with Gasteiger partial charge in [0.2, 0.25) is 0 Å². The van der Waals surface area contributed by atoms with E-state index in [0.717, 1.165) is 23.2 Å². The SMILES string of the molecule is CCCC1CCC(c2ccc(SCc3ccc(C#N)cc3)cc2)CC1. The van der Waals surface area contributed by atoms with Crippen LogP contribution in [0.25, 0.3) is 0 Å². The lowest BCUT2D eigenvalue weighted by molar-refractivity contribution is 0.308. The molecule has 0 aliphatic heterocycles. The highest BCUT2D eigenvalue weighted by Gasteiger charge is 2.21. The maximum absolute atomic E-state index is 8.86. The first-order valence-electron chi connectivity index (χ1n) is 9.50. The van der Waals surface area contributed by atoms with Crippen LogP contribution in [0.15, 0.2) is 53.4 Å². The molecule has 0 spiro atoms. The van der Waals surface area contributed by atoms with Gasteiger partial charge in [-0.2, -0.15) is 5.26 Å². The largest absolute Gasteiger partial charge is 0.192 e. The maximum atomic E-state index is 8.86. The third-order valence-corrected chi connectivity index (χ3v) is 6.47. The van der Waals surface area contributed by atoms with E-state index in [4.69, 9.17) is 5.26 Å². The molecule has 0 N–H and O–H groups in total. The molecule has 0 heterocycles. The van der Waals surface area contributed by atoms with Crippen LogP contribution in [0.3, 0.4) is 0 Å². The van der Waals surface area contributed by atoms with Crippen LogP contribution in [0.4, 0.5) is 0 Å². The Morgan fingerprint density at radius 2 is 1.64 bits per heavy atom. The zero-order valence-electron chi connectivity index (χ0n) is 15.1. The van der Waals surface area contributed by atoms with Crippen molar-refractivity contribution in [3.63, 3.8) is 0 Å². The number of thioether (sulfide) groups is 1. The summed E-state index contributed by atoms with van der Waals surface area (Å²) in [6, 6.07) is 19.3. The van der Waals surface area contributed by atoms with Gasteiger partial charge in [0.05, 0.1) is 11.6 Å². The molecule has 1 nitrogen and oxygen atoms in total. The molecule has 0 radical (unpaired) electrons. The summed E-state index contributed by atoms with van der Waals surface area (Å²) in [6.07, 6.45) is 8.30. The lowest BCUT2D eigenvalue weighted by atomic mass is 9.77. The van der Waals surface area contributed by atoms with Gasteiger partial charge in [0.25, 0.3) is 0 Å². The fourth-order valence-electron chi connectivity index (χ4n) is 3.87. The Labute approximate surface area is 156 Å². The predicted molar refractivity (Wildman–Crippen MR) is 107 cm³/mol. The second-order valence-electron chi connectivity index (χ2n) is 7.17. The molecule has 0 amide bonds. The van der Waals surface area contributed by atoms with Crippen LogP contribution in [0.5, 0.6) is 0 Å². The Morgan fingerprint density at radius 3 is 2.24 bits per heavy atom. The van der Waals surface area contributed by atoms with Gasteiger partial charge < -0.3 is 0 Å². The topological polar surface area (TPSA) is 23.8 Å². The number of nitrogens with zero attached hydrogens (tertiary/aromatic N) is 1. The summed E-state index contributed by atoms with van der Waals surface area (Å²) in [5, 5.41) is 8.86. The first kappa shape index (κ1) is 18.1. The smallest absolute Gasteiger partial charge is 0.0991 e. The Bertz CT molecular complexity index is 688. The van der Waals surface area contributed by atoms with E-state index in [-0.39, 0.29) is 0 Å². The van der Waals surface area contributed by atoms with Crippen molar-refractivity contribution in [1.82, 2.24) is 0 Å². The monoisotopic (exact) mass is 349 g/mol. The molecule has 0 unspecified atom stereocenters. The van der Waals surface area contributed by atoms with E-state index in [0.29, 0.717) is 0 Å². The van der Waals surface area contributed by atoms with Crippen LogP contribution in [-0.4, -0.2) is 0 Å². The van der Waals surface area contributed by atoms with Gasteiger partial charge in [0.1, 0.15) is 0 Å². The third-order valence-electron chi connectivity index (χ3n) is 5.38. The zero-order chi connectivity index (χ0) is 17.5. The van der Waals surface area contributed by atoms with E-state index in [2.05, 4.69) is 49.4 Å². The summed E-state index contributed by atoms with van der Waals surface area (Å²) in [5.74, 6) is 2.70. The highest BCUT2D eigenvalue weighted by atomic mass is 32.2. The third kappa shape index (κ3) is 5.13. The van der Waals surface area contributed by atoms with E-state index in [1.165, 1.54) is 54.5 Å². The van der Waals surface area contributed by atoms with Crippen LogP contribution in [-0.2, 0) is 5.75 Å². The molecule has 1 aliphatic carbocycles. The predicted octanol–water partition coefficient (Wildman–Crippen LogP) is 6.92. The minimum Gasteiger partial charge on any atom is -0.192 e. The lowest BCUT2D eigenvalue weighted by Gasteiger charge is -2.28. The average Bonchev–Trinajstić information content (AvgIpc) is 2.68. The van der Waals surface area contributed by atoms with Gasteiger partial charge >= 0.3 is 0 Å². The molecule has 1 saturated carbocycles. The minimum absolute atomic E-state index is 0.728. The zero-order valence-corrected chi connectivity index (χ0v) is 15.9. The van der Waals surface area contributed by atoms with Gasteiger partial charge in [-0.1, -0.05) is 44.0 Å². The summed E-state index contributed by atoms with van der Waals surface area (Å²) in [6.45, 7) is 2.31. The van der Waals surface area contributed by atoms with Crippen molar-refractivity contribution in [2.45, 2.75) is 62.0 Å². The molecule has 1 aliphatic rings. The van der Waals surface area contributed by atoms with Crippen LogP contribution in [0.1, 0.15) is 68.1 Å². The molecule has 25 heavy (non-hydrogen) atoms. The van der Waals surface area contributed by atoms with Crippen molar-refractivity contribution in [1.29, 1.82) is 5.26 Å². The molecule has 0 saturated heterocycles. The van der Waals surface area contributed by atoms with Gasteiger partial charge in [-0.05, 0) is 72.9 Å². The number of hydrogen-bond acceptors (Lipinski definition) is 2. The minimum atomic E-state index is 0.728. The summed E-state index contributed by atoms with van der Waals surface area (Å²) < 4.78 is 0. The highest BCUT2D eigenvalue weighted by molar-refractivity contribution is 7.98. The highest BCUT2D eigenvalue weighted by Crippen LogP contribution is 2.38. The van der Waals surface area contributed by atoms with E-state index >= 15 is 0 Å². The Kier molecular flexibility index (Phi) is 6.59. The Hall–Kier alpha value is -1.72. The summed E-state index contributed by atoms with van der Waals surface area (Å²) in [7, 11) is 0. The van der Waals surface area contributed by atoms with Crippen molar-refractivity contribution in [3.05, 3.63) is 65.2 Å². The fraction of sp³-hybridized carbons (Fsp3) is 0.435. The Morgan fingerprint density at radius 1 is 0.960 bits per heavy atom. The number of hydrogen-bond donors (Lipinski definition) is 0. The molecule has 0 atom stereocenters. The fourth-order valence-corrected chi connectivity index (χ4v) is 4.73. The number of nitriles is 1. The molecule has 1 fully saturated rings. The van der Waals surface area contributed by atoms with Crippen LogP contribution < -0.4 is 0 Å². The van der Waals surface area contributed by atoms with Crippen LogP contribution in [0, 0.1) is 17.2 Å². The molecule has 3 rings (SSSR count). The molecule has 0 aromatic heterocycles. The maximum Gasteiger partial charge on any atom is 0.0991 e. The van der Waals surface area contributed by atoms with Gasteiger partial charge in [-0.15, -0.1) is 11.8 Å². The van der Waals surface area contributed by atoms with E-state index < -0.39 is 0 Å². The van der Waals surface area contributed by atoms with E-state index in [9.17, 15) is 0 Å². The standard InChI is InChI=1S/C23H27NS/c1-2-3-18-8-10-21(11-9-18)22-12-14-23(15-13-22)25-17-20-6-4-19(16-24)5-7-20/h4-7,12-15,18,21H,2-3,8-11,17H2,1H3. The second kappa shape index (κ2) is 9.11. The van der Waals surface area contributed by atoms with Gasteiger partial charge in [0, 0.05) is 10.6 Å². The molecule has 0 bridgehead atoms. The number of rotatable bonds is 6. The summed E-state index contributed by atoms with van der Waals surface area (Å²) in [5.41, 5.74) is 3.52. The van der Waals surface area contributed by atoms with E-state index in [1.807, 2.05) is 23.9 Å². The molecular formula is C23H27NS. The quantitative estimate of drug-likeness (QED) is 0.528. The molecule has 2 aromatic carbocycles. The molecule has 2 aromatic rings. The molecule has 130 valence electrons. The van der Waals surface area contributed by atoms with Crippen molar-refractivity contribution in [2.75, 3.05) is 0 Å². The van der Waals surface area contributed by atoms with Crippen LogP contribution in [0.2, 0.25) is 0 Å². The van der Waals surface area contributed by atoms with Gasteiger partial charge in [0.15, 0.2) is 0 Å². The average molecular weight is 350 g/mol. The second-order valence-corrected chi connectivity index (χ2v) is 8.22.